The molecule has 0 aliphatic carbocycles. The van der Waals surface area contributed by atoms with Crippen molar-refractivity contribution in [1.29, 1.82) is 0 Å². The second-order valence-electron chi connectivity index (χ2n) is 8.79. The van der Waals surface area contributed by atoms with Gasteiger partial charge in [-0.25, -0.2) is 0 Å². The lowest BCUT2D eigenvalue weighted by atomic mass is 9.74. The zero-order chi connectivity index (χ0) is 20.2. The molecule has 0 aromatic heterocycles. The molecule has 27 heavy (non-hydrogen) atoms. The Bertz CT molecular complexity index is 592. The van der Waals surface area contributed by atoms with E-state index in [0.717, 1.165) is 25.7 Å². The van der Waals surface area contributed by atoms with Gasteiger partial charge in [0, 0.05) is 12.8 Å². The molecule has 0 aromatic carbocycles. The van der Waals surface area contributed by atoms with E-state index in [1.54, 1.807) is 6.92 Å². The number of hydrogen-bond donors (Lipinski definition) is 2. The van der Waals surface area contributed by atoms with Gasteiger partial charge in [-0.15, -0.1) is 0 Å². The summed E-state index contributed by atoms with van der Waals surface area (Å²) in [6.45, 7) is 9.00. The lowest BCUT2D eigenvalue weighted by Gasteiger charge is -2.49. The Morgan fingerprint density at radius 1 is 1.33 bits per heavy atom. The van der Waals surface area contributed by atoms with Crippen LogP contribution in [-0.4, -0.2) is 46.2 Å². The van der Waals surface area contributed by atoms with Crippen molar-refractivity contribution in [3.8, 4) is 0 Å². The molecule has 2 heterocycles. The Kier molecular flexibility index (Phi) is 7.28. The fraction of sp³-hybridized carbons (Fsp3) is 0.773. The number of fused-ring (bicyclic) bond motifs is 2. The lowest BCUT2D eigenvalue weighted by Crippen LogP contribution is -2.56. The number of rotatable bonds is 3. The summed E-state index contributed by atoms with van der Waals surface area (Å²) < 4.78 is 12.2. The molecule has 0 unspecified atom stereocenters. The van der Waals surface area contributed by atoms with Crippen LogP contribution in [0.1, 0.15) is 73.1 Å². The van der Waals surface area contributed by atoms with Gasteiger partial charge >= 0.3 is 5.97 Å². The Balaban J connectivity index is 2.40. The Hall–Kier alpha value is -1.17. The van der Waals surface area contributed by atoms with Gasteiger partial charge < -0.3 is 19.7 Å². The highest BCUT2D eigenvalue weighted by Crippen LogP contribution is 2.42. The topological polar surface area (TPSA) is 76.0 Å². The van der Waals surface area contributed by atoms with E-state index >= 15 is 0 Å². The number of ether oxygens (including phenoxy) is 2. The van der Waals surface area contributed by atoms with Crippen molar-refractivity contribution in [1.82, 2.24) is 0 Å². The molecule has 5 heteroatoms. The van der Waals surface area contributed by atoms with E-state index in [2.05, 4.69) is 26.0 Å². The van der Waals surface area contributed by atoms with E-state index in [9.17, 15) is 15.0 Å². The van der Waals surface area contributed by atoms with Crippen LogP contribution in [0.2, 0.25) is 0 Å². The van der Waals surface area contributed by atoms with Crippen LogP contribution >= 0.6 is 0 Å². The number of esters is 1. The number of aliphatic hydroxyl groups is 2. The largest absolute Gasteiger partial charge is 0.459 e. The van der Waals surface area contributed by atoms with Crippen LogP contribution in [0.5, 0.6) is 0 Å². The maximum atomic E-state index is 11.7. The average molecular weight is 381 g/mol. The molecule has 0 saturated carbocycles. The lowest BCUT2D eigenvalue weighted by molar-refractivity contribution is -0.219. The van der Waals surface area contributed by atoms with Gasteiger partial charge in [0.2, 0.25) is 0 Å². The van der Waals surface area contributed by atoms with E-state index in [0.29, 0.717) is 12.8 Å². The standard InChI is InChI=1S/C22H36O5/c1-15-7-6-8-16(2)13-19-18(21(4,25)14-23)11-12-22(5,27-19)20(10-9-15)26-17(3)24/h7,13,18-20,23,25H,6,8-12,14H2,1-5H3/b15-7+,16-13+/t18-,19-,20-,21-,22-/m0/s1. The molecular weight excluding hydrogens is 344 g/mol. The van der Waals surface area contributed by atoms with Gasteiger partial charge in [-0.1, -0.05) is 23.3 Å². The summed E-state index contributed by atoms with van der Waals surface area (Å²) in [4.78, 5) is 11.7. The summed E-state index contributed by atoms with van der Waals surface area (Å²) in [7, 11) is 0. The highest BCUT2D eigenvalue weighted by molar-refractivity contribution is 5.66. The molecule has 5 atom stereocenters. The maximum Gasteiger partial charge on any atom is 0.303 e. The van der Waals surface area contributed by atoms with Crippen LogP contribution in [0.4, 0.5) is 0 Å². The number of hydrogen-bond acceptors (Lipinski definition) is 5. The fourth-order valence-corrected chi connectivity index (χ4v) is 4.29. The summed E-state index contributed by atoms with van der Waals surface area (Å²) in [6, 6.07) is 0. The van der Waals surface area contributed by atoms with Gasteiger partial charge in [-0.05, 0) is 66.2 Å². The molecular formula is C22H36O5. The van der Waals surface area contributed by atoms with E-state index in [1.165, 1.54) is 18.1 Å². The number of carbonyl (C=O) groups excluding carboxylic acids is 1. The molecule has 2 aliphatic heterocycles. The Labute approximate surface area is 163 Å². The van der Waals surface area contributed by atoms with Crippen LogP contribution in [0.3, 0.4) is 0 Å². The summed E-state index contributed by atoms with van der Waals surface area (Å²) in [6.07, 6.45) is 8.51. The normalized spacial score (nSPS) is 38.9. The predicted octanol–water partition coefficient (Wildman–Crippen LogP) is 3.68. The van der Waals surface area contributed by atoms with Gasteiger partial charge in [0.05, 0.1) is 18.3 Å². The van der Waals surface area contributed by atoms with Crippen molar-refractivity contribution in [2.24, 2.45) is 5.92 Å². The predicted molar refractivity (Wildman–Crippen MR) is 105 cm³/mol. The maximum absolute atomic E-state index is 11.7. The van der Waals surface area contributed by atoms with Crippen LogP contribution < -0.4 is 0 Å². The number of aliphatic hydroxyl groups excluding tert-OH is 1. The molecule has 2 bridgehead atoms. The van der Waals surface area contributed by atoms with E-state index in [4.69, 9.17) is 9.47 Å². The molecule has 2 aliphatic rings. The van der Waals surface area contributed by atoms with Crippen molar-refractivity contribution in [2.75, 3.05) is 6.61 Å². The van der Waals surface area contributed by atoms with E-state index in [1.807, 2.05) is 6.92 Å². The molecule has 1 fully saturated rings. The molecule has 0 amide bonds. The average Bonchev–Trinajstić information content (AvgIpc) is 2.57. The molecule has 154 valence electrons. The van der Waals surface area contributed by atoms with Crippen LogP contribution in [0.25, 0.3) is 0 Å². The summed E-state index contributed by atoms with van der Waals surface area (Å²) in [5.41, 5.74) is 0.677. The number of allylic oxidation sites excluding steroid dienone is 3. The highest BCUT2D eigenvalue weighted by Gasteiger charge is 2.49. The Morgan fingerprint density at radius 3 is 2.67 bits per heavy atom. The molecule has 0 spiro atoms. The first kappa shape index (κ1) is 22.1. The van der Waals surface area contributed by atoms with Gasteiger partial charge in [0.25, 0.3) is 0 Å². The first-order chi connectivity index (χ1) is 12.6. The van der Waals surface area contributed by atoms with Crippen molar-refractivity contribution >= 4 is 5.97 Å². The third kappa shape index (κ3) is 5.66. The minimum atomic E-state index is -1.22. The monoisotopic (exact) mass is 380 g/mol. The fourth-order valence-electron chi connectivity index (χ4n) is 4.29. The molecule has 0 aromatic rings. The van der Waals surface area contributed by atoms with Gasteiger partial charge in [-0.3, -0.25) is 4.79 Å². The molecule has 5 nitrogen and oxygen atoms in total. The van der Waals surface area contributed by atoms with Crippen molar-refractivity contribution < 1.29 is 24.5 Å². The SMILES string of the molecule is CC(=O)O[C@H]1CC/C(C)=C/CC/C(C)=C/[C@@H]2O[C@@]1(C)CC[C@@H]2[C@@](C)(O)CO. The van der Waals surface area contributed by atoms with Gasteiger partial charge in [-0.2, -0.15) is 0 Å². The van der Waals surface area contributed by atoms with Gasteiger partial charge in [0.15, 0.2) is 0 Å². The highest BCUT2D eigenvalue weighted by atomic mass is 16.6. The van der Waals surface area contributed by atoms with E-state index < -0.39 is 11.2 Å². The smallest absolute Gasteiger partial charge is 0.303 e. The minimum Gasteiger partial charge on any atom is -0.459 e. The molecule has 1 saturated heterocycles. The zero-order valence-electron chi connectivity index (χ0n) is 17.5. The first-order valence-corrected chi connectivity index (χ1v) is 10.1. The first-order valence-electron chi connectivity index (χ1n) is 10.1. The van der Waals surface area contributed by atoms with Crippen LogP contribution in [0.15, 0.2) is 23.3 Å². The summed E-state index contributed by atoms with van der Waals surface area (Å²) in [5, 5.41) is 20.4. The second-order valence-corrected chi connectivity index (χ2v) is 8.79. The molecule has 2 N–H and O–H groups in total. The summed E-state index contributed by atoms with van der Waals surface area (Å²) in [5.74, 6) is -0.505. The quantitative estimate of drug-likeness (QED) is 0.577. The third-order valence-electron chi connectivity index (χ3n) is 6.14. The van der Waals surface area contributed by atoms with Crippen LogP contribution in [0, 0.1) is 5.92 Å². The van der Waals surface area contributed by atoms with Crippen molar-refractivity contribution in [2.45, 2.75) is 96.6 Å². The Morgan fingerprint density at radius 2 is 2.04 bits per heavy atom. The van der Waals surface area contributed by atoms with Crippen molar-refractivity contribution in [3.63, 3.8) is 0 Å². The van der Waals surface area contributed by atoms with E-state index in [-0.39, 0.29) is 30.7 Å². The molecule has 0 radical (unpaired) electrons. The molecule has 2 rings (SSSR count). The second kappa shape index (κ2) is 8.89. The third-order valence-corrected chi connectivity index (χ3v) is 6.14. The minimum absolute atomic E-state index is 0.205. The van der Waals surface area contributed by atoms with Crippen molar-refractivity contribution in [3.05, 3.63) is 23.3 Å². The van der Waals surface area contributed by atoms with Crippen LogP contribution in [-0.2, 0) is 14.3 Å². The summed E-state index contributed by atoms with van der Waals surface area (Å²) >= 11 is 0. The zero-order valence-corrected chi connectivity index (χ0v) is 17.5. The number of carbonyl (C=O) groups is 1. The van der Waals surface area contributed by atoms with Gasteiger partial charge in [0.1, 0.15) is 11.7 Å².